The Morgan fingerprint density at radius 2 is 1.80 bits per heavy atom. The lowest BCUT2D eigenvalue weighted by atomic mass is 10.0. The highest BCUT2D eigenvalue weighted by Crippen LogP contribution is 2.40. The van der Waals surface area contributed by atoms with Crippen LogP contribution in [0.4, 0.5) is 33.1 Å². The van der Waals surface area contributed by atoms with Gasteiger partial charge in [-0.05, 0) is 49.0 Å². The molecule has 0 aliphatic carbocycles. The molecule has 1 aromatic heterocycles. The van der Waals surface area contributed by atoms with Gasteiger partial charge in [-0.15, -0.1) is 0 Å². The number of hydrogen-bond donors (Lipinski definition) is 2. The van der Waals surface area contributed by atoms with Crippen molar-refractivity contribution in [3.05, 3.63) is 97.1 Å². The van der Waals surface area contributed by atoms with Gasteiger partial charge in [-0.3, -0.25) is 9.63 Å². The minimum Gasteiger partial charge on any atom is -0.494 e. The number of hydrogen-bond acceptors (Lipinski definition) is 10. The van der Waals surface area contributed by atoms with Crippen LogP contribution < -0.4 is 30.1 Å². The molecule has 1 amide bonds. The van der Waals surface area contributed by atoms with E-state index in [0.29, 0.717) is 46.9 Å². The fourth-order valence-corrected chi connectivity index (χ4v) is 5.55. The van der Waals surface area contributed by atoms with E-state index in [1.54, 1.807) is 30.4 Å². The summed E-state index contributed by atoms with van der Waals surface area (Å²) in [6, 6.07) is 19.1. The number of likely N-dealkylation sites (N-methyl/N-ethyl adjacent to an activating group) is 1. The van der Waals surface area contributed by atoms with Crippen LogP contribution in [0, 0.1) is 5.82 Å². The largest absolute Gasteiger partial charge is 0.494 e. The molecule has 2 fully saturated rings. The maximum atomic E-state index is 13.7. The fraction of sp³-hybridized carbons (Fsp3) is 0.265. The second-order valence-corrected chi connectivity index (χ2v) is 11.0. The van der Waals surface area contributed by atoms with Gasteiger partial charge in [0, 0.05) is 50.8 Å². The summed E-state index contributed by atoms with van der Waals surface area (Å²) in [6.07, 6.45) is 3.44. The number of carbonyl (C=O) groups is 1. The van der Waals surface area contributed by atoms with Crippen molar-refractivity contribution in [2.75, 3.05) is 67.5 Å². The highest BCUT2D eigenvalue weighted by Gasteiger charge is 2.30. The third-order valence-electron chi connectivity index (χ3n) is 7.93. The van der Waals surface area contributed by atoms with Crippen LogP contribution in [0.15, 0.2) is 85.7 Å². The molecule has 0 saturated carbocycles. The molecule has 11 nitrogen and oxygen atoms in total. The van der Waals surface area contributed by atoms with Crippen LogP contribution in [0.2, 0.25) is 0 Å². The van der Waals surface area contributed by atoms with Gasteiger partial charge in [-0.2, -0.15) is 0 Å². The normalized spacial score (nSPS) is 16.6. The predicted octanol–water partition coefficient (Wildman–Crippen LogP) is 5.92. The van der Waals surface area contributed by atoms with Crippen LogP contribution in [0.1, 0.15) is 18.0 Å². The number of carbonyl (C=O) groups excluding carboxylic acids is 1. The summed E-state index contributed by atoms with van der Waals surface area (Å²) >= 11 is 0. The molecule has 3 heterocycles. The Morgan fingerprint density at radius 3 is 2.57 bits per heavy atom. The van der Waals surface area contributed by atoms with Crippen molar-refractivity contribution in [3.8, 4) is 17.2 Å². The van der Waals surface area contributed by atoms with E-state index in [9.17, 15) is 9.18 Å². The van der Waals surface area contributed by atoms with E-state index in [1.807, 2.05) is 36.4 Å². The molecule has 0 spiro atoms. The van der Waals surface area contributed by atoms with Crippen LogP contribution in [0.3, 0.4) is 0 Å². The van der Waals surface area contributed by atoms with Crippen LogP contribution >= 0.6 is 0 Å². The Bertz CT molecular complexity index is 1710. The quantitative estimate of drug-likeness (QED) is 0.207. The third kappa shape index (κ3) is 7.03. The first kappa shape index (κ1) is 30.8. The van der Waals surface area contributed by atoms with Gasteiger partial charge in [-0.1, -0.05) is 24.8 Å². The van der Waals surface area contributed by atoms with E-state index < -0.39 is 0 Å². The van der Waals surface area contributed by atoms with Crippen LogP contribution in [-0.2, 0) is 9.63 Å². The lowest BCUT2D eigenvalue weighted by Crippen LogP contribution is -2.44. The van der Waals surface area contributed by atoms with Crippen LogP contribution in [-0.4, -0.2) is 67.7 Å². The summed E-state index contributed by atoms with van der Waals surface area (Å²) in [7, 11) is 3.70. The second kappa shape index (κ2) is 13.8. The lowest BCUT2D eigenvalue weighted by Gasteiger charge is -2.35. The number of methoxy groups -OCH3 is 1. The Labute approximate surface area is 267 Å². The van der Waals surface area contributed by atoms with Gasteiger partial charge < -0.3 is 29.9 Å². The molecule has 0 bridgehead atoms. The molecule has 46 heavy (non-hydrogen) atoms. The molecule has 2 aliphatic heterocycles. The average Bonchev–Trinajstić information content (AvgIpc) is 3.56. The number of benzene rings is 3. The van der Waals surface area contributed by atoms with Gasteiger partial charge >= 0.3 is 0 Å². The van der Waals surface area contributed by atoms with Crippen molar-refractivity contribution in [1.29, 1.82) is 0 Å². The summed E-state index contributed by atoms with van der Waals surface area (Å²) in [6.45, 7) is 7.55. The molecule has 0 unspecified atom stereocenters. The van der Waals surface area contributed by atoms with Gasteiger partial charge in [0.25, 0.3) is 0 Å². The number of hydroxylamine groups is 1. The van der Waals surface area contributed by atoms with Crippen molar-refractivity contribution in [2.45, 2.75) is 12.5 Å². The topological polar surface area (TPSA) is 104 Å². The zero-order chi connectivity index (χ0) is 32.0. The molecule has 2 N–H and O–H groups in total. The van der Waals surface area contributed by atoms with Crippen LogP contribution in [0.5, 0.6) is 17.2 Å². The standard InChI is InChI=1S/C34H36FN7O4/c1-4-34(43)39-27-19-28(31(44-3)20-30(27)41-14-12-40(2)13-15-41)38-32-21-33(37-22-36-32)42-29(11-16-45-42)23-7-5-9-25(17-23)46-26-10-6-8-24(35)18-26/h4-10,17-22,29H,1,11-16H2,2-3H3,(H,39,43)(H,36,37,38)/t29-/m1/s1. The van der Waals surface area contributed by atoms with Gasteiger partial charge in [0.1, 0.15) is 35.2 Å². The van der Waals surface area contributed by atoms with Crippen LogP contribution in [0.25, 0.3) is 0 Å². The van der Waals surface area contributed by atoms with E-state index >= 15 is 0 Å². The summed E-state index contributed by atoms with van der Waals surface area (Å²) in [5.41, 5.74) is 3.08. The van der Waals surface area contributed by atoms with Crippen molar-refractivity contribution in [3.63, 3.8) is 0 Å². The number of amides is 1. The zero-order valence-corrected chi connectivity index (χ0v) is 25.8. The number of rotatable bonds is 10. The molecule has 2 aliphatic rings. The first-order valence-electron chi connectivity index (χ1n) is 15.0. The van der Waals surface area contributed by atoms with Gasteiger partial charge in [-0.25, -0.2) is 19.4 Å². The molecule has 238 valence electrons. The Hall–Kier alpha value is -5.20. The molecule has 6 rings (SSSR count). The predicted molar refractivity (Wildman–Crippen MR) is 176 cm³/mol. The first-order valence-corrected chi connectivity index (χ1v) is 15.0. The number of halogens is 1. The summed E-state index contributed by atoms with van der Waals surface area (Å²) < 4.78 is 25.4. The summed E-state index contributed by atoms with van der Waals surface area (Å²) in [4.78, 5) is 31.9. The molecular weight excluding hydrogens is 589 g/mol. The third-order valence-corrected chi connectivity index (χ3v) is 7.93. The molecule has 3 aromatic carbocycles. The molecule has 0 radical (unpaired) electrons. The van der Waals surface area contributed by atoms with Crippen molar-refractivity contribution < 1.29 is 23.5 Å². The van der Waals surface area contributed by atoms with Gasteiger partial charge in [0.2, 0.25) is 5.91 Å². The first-order chi connectivity index (χ1) is 22.4. The number of aromatic nitrogens is 2. The van der Waals surface area contributed by atoms with Gasteiger partial charge in [0.05, 0.1) is 36.8 Å². The van der Waals surface area contributed by atoms with Gasteiger partial charge in [0.15, 0.2) is 5.82 Å². The highest BCUT2D eigenvalue weighted by atomic mass is 19.1. The number of nitrogens with zero attached hydrogens (tertiary/aromatic N) is 5. The second-order valence-electron chi connectivity index (χ2n) is 11.0. The smallest absolute Gasteiger partial charge is 0.247 e. The molecule has 4 aromatic rings. The lowest BCUT2D eigenvalue weighted by molar-refractivity contribution is -0.111. The SMILES string of the molecule is C=CC(=O)Nc1cc(Nc2cc(N3OCC[C@@H]3c3cccc(Oc4cccc(F)c4)c3)ncn2)c(OC)cc1N1CCN(C)CC1. The van der Waals surface area contributed by atoms with E-state index in [-0.39, 0.29) is 17.8 Å². The molecule has 2 saturated heterocycles. The zero-order valence-electron chi connectivity index (χ0n) is 25.8. The minimum atomic E-state index is -0.362. The van der Waals surface area contributed by atoms with E-state index in [0.717, 1.165) is 43.9 Å². The number of nitrogens with one attached hydrogen (secondary N) is 2. The van der Waals surface area contributed by atoms with E-state index in [2.05, 4.69) is 44.0 Å². The Balaban J connectivity index is 1.25. The van der Waals surface area contributed by atoms with E-state index in [1.165, 1.54) is 24.5 Å². The Kier molecular flexibility index (Phi) is 9.27. The molecular formula is C34H36FN7O4. The molecule has 1 atom stereocenters. The van der Waals surface area contributed by atoms with Crippen molar-refractivity contribution >= 4 is 34.6 Å². The summed E-state index contributed by atoms with van der Waals surface area (Å²) in [5, 5.41) is 8.05. The monoisotopic (exact) mass is 625 g/mol. The molecule has 12 heteroatoms. The van der Waals surface area contributed by atoms with Crippen molar-refractivity contribution in [1.82, 2.24) is 14.9 Å². The van der Waals surface area contributed by atoms with E-state index in [4.69, 9.17) is 14.3 Å². The summed E-state index contributed by atoms with van der Waals surface area (Å²) in [5.74, 6) is 2.00. The fourth-order valence-electron chi connectivity index (χ4n) is 5.55. The number of ether oxygens (including phenoxy) is 2. The average molecular weight is 626 g/mol. The maximum Gasteiger partial charge on any atom is 0.247 e. The van der Waals surface area contributed by atoms with Crippen molar-refractivity contribution in [2.24, 2.45) is 0 Å². The Morgan fingerprint density at radius 1 is 1.02 bits per heavy atom. The number of anilines is 5. The maximum absolute atomic E-state index is 13.7. The highest BCUT2D eigenvalue weighted by molar-refractivity contribution is 6.02. The minimum absolute atomic E-state index is 0.142. The number of piperazine rings is 1.